The average molecular weight is 620 g/mol. The van der Waals surface area contributed by atoms with Crippen LogP contribution in [-0.4, -0.2) is 82.8 Å². The lowest BCUT2D eigenvalue weighted by atomic mass is 9.91. The summed E-state index contributed by atoms with van der Waals surface area (Å²) in [6.07, 6.45) is 4.86. The topological polar surface area (TPSA) is 163 Å². The summed E-state index contributed by atoms with van der Waals surface area (Å²) in [6, 6.07) is -1.94. The van der Waals surface area contributed by atoms with Crippen LogP contribution in [0, 0.1) is 11.8 Å². The summed E-state index contributed by atoms with van der Waals surface area (Å²) in [4.78, 5) is 80.5. The van der Waals surface area contributed by atoms with Gasteiger partial charge in [-0.15, -0.1) is 0 Å². The van der Waals surface area contributed by atoms with Gasteiger partial charge >= 0.3 is 5.97 Å². The predicted octanol–water partition coefficient (Wildman–Crippen LogP) is 2.11. The molecule has 4 atom stereocenters. The van der Waals surface area contributed by atoms with Gasteiger partial charge in [0.2, 0.25) is 29.5 Å². The fourth-order valence-electron chi connectivity index (χ4n) is 5.98. The minimum absolute atomic E-state index is 0.0659. The fourth-order valence-corrected chi connectivity index (χ4v) is 5.98. The average Bonchev–Trinajstić information content (AvgIpc) is 3.24. The van der Waals surface area contributed by atoms with Crippen molar-refractivity contribution in [3.8, 4) is 0 Å². The molecule has 12 heteroatoms. The van der Waals surface area contributed by atoms with Crippen molar-refractivity contribution in [2.24, 2.45) is 11.8 Å². The van der Waals surface area contributed by atoms with Gasteiger partial charge in [-0.25, -0.2) is 4.79 Å². The van der Waals surface area contributed by atoms with E-state index < -0.39 is 59.2 Å². The molecule has 2 fully saturated rings. The van der Waals surface area contributed by atoms with Gasteiger partial charge in [0.25, 0.3) is 0 Å². The summed E-state index contributed by atoms with van der Waals surface area (Å²) < 4.78 is 5.08. The molecule has 0 aromatic heterocycles. The van der Waals surface area contributed by atoms with E-state index in [4.69, 9.17) is 4.74 Å². The van der Waals surface area contributed by atoms with Gasteiger partial charge in [0.1, 0.15) is 23.2 Å². The monoisotopic (exact) mass is 619 g/mol. The van der Waals surface area contributed by atoms with Gasteiger partial charge in [-0.3, -0.25) is 24.0 Å². The molecule has 1 saturated heterocycles. The number of nitrogens with one attached hydrogen (secondary N) is 4. The molecule has 0 aromatic carbocycles. The van der Waals surface area contributed by atoms with Crippen LogP contribution < -0.4 is 21.3 Å². The van der Waals surface area contributed by atoms with Crippen LogP contribution in [0.5, 0.6) is 0 Å². The number of likely N-dealkylation sites (tertiary alicyclic amines) is 1. The number of carbonyl (C=O) groups is 6. The molecule has 4 N–H and O–H groups in total. The molecule has 0 radical (unpaired) electrons. The number of hydrogen-bond donors (Lipinski definition) is 4. The van der Waals surface area contributed by atoms with Crippen molar-refractivity contribution in [2.45, 2.75) is 130 Å². The number of hydrogen-bond acceptors (Lipinski definition) is 7. The molecule has 0 unspecified atom stereocenters. The Bertz CT molecular complexity index is 1120. The van der Waals surface area contributed by atoms with Gasteiger partial charge in [-0.05, 0) is 45.4 Å². The molecular weight excluding hydrogens is 566 g/mol. The Kier molecular flexibility index (Phi) is 13.0. The molecule has 0 spiro atoms. The SMILES string of the molecule is C=C1CN(C(=O)[C@@H](NC(=O)C[C@@](C)(NC(C)=O)C(=O)N[C@H](C(=O)OCC)C(C)C)C(C)C)[C@](C)(C(=O)NC2CCCCC2)C1. The van der Waals surface area contributed by atoms with Gasteiger partial charge in [-0.2, -0.15) is 0 Å². The predicted molar refractivity (Wildman–Crippen MR) is 166 cm³/mol. The highest BCUT2D eigenvalue weighted by Crippen LogP contribution is 2.34. The normalized spacial score (nSPS) is 21.7. The molecule has 5 amide bonds. The zero-order valence-electron chi connectivity index (χ0n) is 27.8. The molecule has 1 heterocycles. The molecule has 1 aliphatic carbocycles. The maximum Gasteiger partial charge on any atom is 0.328 e. The van der Waals surface area contributed by atoms with Crippen LogP contribution in [0.2, 0.25) is 0 Å². The second kappa shape index (κ2) is 15.5. The van der Waals surface area contributed by atoms with Crippen molar-refractivity contribution in [2.75, 3.05) is 13.2 Å². The first-order valence-corrected chi connectivity index (χ1v) is 15.8. The van der Waals surface area contributed by atoms with Gasteiger partial charge in [-0.1, -0.05) is 59.1 Å². The molecular formula is C32H53N5O7. The van der Waals surface area contributed by atoms with Crippen LogP contribution >= 0.6 is 0 Å². The number of amides is 5. The third-order valence-corrected chi connectivity index (χ3v) is 8.48. The lowest BCUT2D eigenvalue weighted by Gasteiger charge is -2.38. The Morgan fingerprint density at radius 1 is 1.00 bits per heavy atom. The molecule has 2 aliphatic rings. The number of carbonyl (C=O) groups excluding carboxylic acids is 6. The molecule has 0 aromatic rings. The quantitative estimate of drug-likeness (QED) is 0.181. The molecule has 0 bridgehead atoms. The number of esters is 1. The highest BCUT2D eigenvalue weighted by Gasteiger charge is 2.50. The number of ether oxygens (including phenoxy) is 1. The van der Waals surface area contributed by atoms with Crippen LogP contribution in [0.4, 0.5) is 0 Å². The van der Waals surface area contributed by atoms with E-state index in [0.29, 0.717) is 6.42 Å². The Labute approximate surface area is 261 Å². The molecule has 1 aliphatic heterocycles. The third-order valence-electron chi connectivity index (χ3n) is 8.48. The van der Waals surface area contributed by atoms with Crippen molar-refractivity contribution in [1.29, 1.82) is 0 Å². The summed E-state index contributed by atoms with van der Waals surface area (Å²) in [5.41, 5.74) is -2.16. The largest absolute Gasteiger partial charge is 0.464 e. The summed E-state index contributed by atoms with van der Waals surface area (Å²) in [5, 5.41) is 11.0. The molecule has 44 heavy (non-hydrogen) atoms. The first-order chi connectivity index (χ1) is 20.4. The van der Waals surface area contributed by atoms with E-state index in [9.17, 15) is 28.8 Å². The first kappa shape index (κ1) is 36.8. The highest BCUT2D eigenvalue weighted by atomic mass is 16.5. The summed E-state index contributed by atoms with van der Waals surface area (Å²) in [7, 11) is 0. The van der Waals surface area contributed by atoms with Gasteiger partial charge < -0.3 is 30.9 Å². The summed E-state index contributed by atoms with van der Waals surface area (Å²) in [5.74, 6) is -3.94. The van der Waals surface area contributed by atoms with Crippen molar-refractivity contribution >= 4 is 35.5 Å². The van der Waals surface area contributed by atoms with Crippen molar-refractivity contribution in [3.63, 3.8) is 0 Å². The third kappa shape index (κ3) is 9.28. The Hall–Kier alpha value is -3.44. The molecule has 248 valence electrons. The van der Waals surface area contributed by atoms with E-state index in [2.05, 4.69) is 27.8 Å². The molecule has 1 saturated carbocycles. The van der Waals surface area contributed by atoms with Crippen molar-refractivity contribution in [1.82, 2.24) is 26.2 Å². The molecule has 2 rings (SSSR count). The standard InChI is InChI=1S/C32H53N5O7/c1-10-44-28(41)26(20(4)5)35-29(42)31(8,36-22(7)38)17-24(39)34-25(19(2)3)27(40)37-18-21(6)16-32(37,9)30(43)33-23-14-12-11-13-15-23/h19-20,23,25-26H,6,10-18H2,1-5,7-9H3,(H,33,43)(H,34,39)(H,35,42)(H,36,38)/t25-,26-,31+,32-/m0/s1. The van der Waals surface area contributed by atoms with Gasteiger partial charge in [0.05, 0.1) is 13.0 Å². The van der Waals surface area contributed by atoms with E-state index in [-0.39, 0.29) is 36.9 Å². The second-order valence-electron chi connectivity index (χ2n) is 13.4. The minimum atomic E-state index is -1.74. The van der Waals surface area contributed by atoms with E-state index in [0.717, 1.165) is 37.7 Å². The maximum absolute atomic E-state index is 14.0. The number of rotatable bonds is 13. The lowest BCUT2D eigenvalue weighted by Crippen LogP contribution is -2.63. The van der Waals surface area contributed by atoms with Crippen LogP contribution in [0.15, 0.2) is 12.2 Å². The Morgan fingerprint density at radius 3 is 2.11 bits per heavy atom. The molecule has 12 nitrogen and oxygen atoms in total. The fraction of sp³-hybridized carbons (Fsp3) is 0.750. The summed E-state index contributed by atoms with van der Waals surface area (Å²) >= 11 is 0. The van der Waals surface area contributed by atoms with E-state index >= 15 is 0 Å². The zero-order valence-corrected chi connectivity index (χ0v) is 27.8. The van der Waals surface area contributed by atoms with Gasteiger partial charge in [0, 0.05) is 25.9 Å². The smallest absolute Gasteiger partial charge is 0.328 e. The van der Waals surface area contributed by atoms with Gasteiger partial charge in [0.15, 0.2) is 0 Å². The number of nitrogens with zero attached hydrogens (tertiary/aromatic N) is 1. The van der Waals surface area contributed by atoms with E-state index in [1.807, 2.05) is 0 Å². The summed E-state index contributed by atoms with van der Waals surface area (Å²) in [6.45, 7) is 17.4. The van der Waals surface area contributed by atoms with E-state index in [1.165, 1.54) is 18.7 Å². The van der Waals surface area contributed by atoms with Crippen LogP contribution in [0.3, 0.4) is 0 Å². The van der Waals surface area contributed by atoms with Crippen LogP contribution in [0.1, 0.15) is 100 Å². The van der Waals surface area contributed by atoms with Crippen LogP contribution in [-0.2, 0) is 33.5 Å². The second-order valence-corrected chi connectivity index (χ2v) is 13.4. The van der Waals surface area contributed by atoms with E-state index in [1.54, 1.807) is 41.5 Å². The lowest BCUT2D eigenvalue weighted by molar-refractivity contribution is -0.150. The van der Waals surface area contributed by atoms with Crippen molar-refractivity contribution in [3.05, 3.63) is 12.2 Å². The Morgan fingerprint density at radius 2 is 1.59 bits per heavy atom. The van der Waals surface area contributed by atoms with Crippen LogP contribution in [0.25, 0.3) is 0 Å². The highest BCUT2D eigenvalue weighted by molar-refractivity contribution is 5.99. The maximum atomic E-state index is 14.0. The minimum Gasteiger partial charge on any atom is -0.464 e. The Balaban J connectivity index is 2.25. The zero-order chi connectivity index (χ0) is 33.4. The van der Waals surface area contributed by atoms with Crippen molar-refractivity contribution < 1.29 is 33.5 Å². The first-order valence-electron chi connectivity index (χ1n) is 15.8.